The van der Waals surface area contributed by atoms with E-state index in [0.29, 0.717) is 12.5 Å². The van der Waals surface area contributed by atoms with E-state index in [1.165, 1.54) is 71.3 Å². The number of carbonyl (C=O) groups excluding carboxylic acids is 1. The molecule has 0 heterocycles. The van der Waals surface area contributed by atoms with Crippen LogP contribution in [-0.2, 0) is 19.0 Å². The third kappa shape index (κ3) is 24.0. The Bertz CT molecular complexity index is 440. The summed E-state index contributed by atoms with van der Waals surface area (Å²) in [5.74, 6) is -0.0926. The third-order valence-electron chi connectivity index (χ3n) is 6.05. The number of allylic oxidation sites excluding steroid dienone is 2. The fourth-order valence-corrected chi connectivity index (χ4v) is 3.64. The Morgan fingerprint density at radius 1 is 0.727 bits per heavy atom. The number of esters is 1. The number of likely N-dealkylation sites (N-methyl/N-ethyl adjacent to an activating group) is 1. The zero-order valence-electron chi connectivity index (χ0n) is 22.5. The maximum absolute atomic E-state index is 11.0. The molecule has 0 aliphatic heterocycles. The van der Waals surface area contributed by atoms with Gasteiger partial charge in [0.25, 0.3) is 0 Å². The lowest BCUT2D eigenvalue weighted by molar-refractivity contribution is -0.140. The Balaban J connectivity index is 3.40. The SMILES string of the molecule is CCCCCCOCC(COCCCCCCCCC=CCCCCCC(=O)OC)N(C)C. The standard InChI is InChI=1S/C28H55NO4/c1-5-6-7-20-23-32-25-27(29(2)3)26-33-24-21-18-16-14-12-10-8-9-11-13-15-17-19-22-28(30)31-4/h9,11,27H,5-8,10,12-26H2,1-4H3. The number of unbranched alkanes of at least 4 members (excludes halogenated alkanes) is 12. The molecule has 0 N–H and O–H groups in total. The van der Waals surface area contributed by atoms with E-state index in [4.69, 9.17) is 9.47 Å². The highest BCUT2D eigenvalue weighted by molar-refractivity contribution is 5.68. The van der Waals surface area contributed by atoms with Crippen molar-refractivity contribution in [2.45, 2.75) is 116 Å². The Morgan fingerprint density at radius 3 is 1.73 bits per heavy atom. The van der Waals surface area contributed by atoms with Crippen LogP contribution in [0.2, 0.25) is 0 Å². The molecular weight excluding hydrogens is 414 g/mol. The molecule has 0 fully saturated rings. The topological polar surface area (TPSA) is 48.0 Å². The average molecular weight is 470 g/mol. The first-order chi connectivity index (χ1) is 16.1. The second kappa shape index (κ2) is 25.7. The van der Waals surface area contributed by atoms with Gasteiger partial charge in [-0.1, -0.05) is 70.4 Å². The number of hydrogen-bond donors (Lipinski definition) is 0. The van der Waals surface area contributed by atoms with Crippen LogP contribution < -0.4 is 0 Å². The summed E-state index contributed by atoms with van der Waals surface area (Å²) in [5, 5.41) is 0. The molecular formula is C28H55NO4. The molecule has 0 amide bonds. The van der Waals surface area contributed by atoms with E-state index in [0.717, 1.165) is 58.5 Å². The van der Waals surface area contributed by atoms with Crippen molar-refractivity contribution in [2.75, 3.05) is 47.6 Å². The fourth-order valence-electron chi connectivity index (χ4n) is 3.64. The van der Waals surface area contributed by atoms with Crippen molar-refractivity contribution < 1.29 is 19.0 Å². The van der Waals surface area contributed by atoms with Crippen LogP contribution in [0.15, 0.2) is 12.2 Å². The van der Waals surface area contributed by atoms with Gasteiger partial charge in [0.15, 0.2) is 0 Å². The number of rotatable bonds is 25. The lowest BCUT2D eigenvalue weighted by atomic mass is 10.1. The van der Waals surface area contributed by atoms with Crippen LogP contribution in [0.5, 0.6) is 0 Å². The fraction of sp³-hybridized carbons (Fsp3) is 0.893. The molecule has 0 saturated heterocycles. The summed E-state index contributed by atoms with van der Waals surface area (Å²) in [6.45, 7) is 5.51. The van der Waals surface area contributed by atoms with Gasteiger partial charge in [-0.05, 0) is 59.0 Å². The summed E-state index contributed by atoms with van der Waals surface area (Å²) in [4.78, 5) is 13.2. The second-order valence-corrected chi connectivity index (χ2v) is 9.38. The summed E-state index contributed by atoms with van der Waals surface area (Å²) in [7, 11) is 5.67. The van der Waals surface area contributed by atoms with Gasteiger partial charge < -0.3 is 19.1 Å². The van der Waals surface area contributed by atoms with Crippen LogP contribution in [0, 0.1) is 0 Å². The van der Waals surface area contributed by atoms with Crippen molar-refractivity contribution in [1.29, 1.82) is 0 Å². The van der Waals surface area contributed by atoms with E-state index < -0.39 is 0 Å². The first-order valence-electron chi connectivity index (χ1n) is 13.7. The Morgan fingerprint density at radius 2 is 1.21 bits per heavy atom. The van der Waals surface area contributed by atoms with Crippen LogP contribution in [0.3, 0.4) is 0 Å². The van der Waals surface area contributed by atoms with Crippen molar-refractivity contribution in [3.63, 3.8) is 0 Å². The molecule has 5 nitrogen and oxygen atoms in total. The minimum absolute atomic E-state index is 0.0926. The number of methoxy groups -OCH3 is 1. The molecule has 0 radical (unpaired) electrons. The van der Waals surface area contributed by atoms with E-state index in [9.17, 15) is 4.79 Å². The number of ether oxygens (including phenoxy) is 3. The smallest absolute Gasteiger partial charge is 0.305 e. The molecule has 0 aliphatic rings. The van der Waals surface area contributed by atoms with Crippen molar-refractivity contribution in [3.8, 4) is 0 Å². The number of nitrogens with zero attached hydrogens (tertiary/aromatic N) is 1. The normalized spacial score (nSPS) is 12.6. The zero-order valence-corrected chi connectivity index (χ0v) is 22.5. The van der Waals surface area contributed by atoms with Crippen LogP contribution in [0.25, 0.3) is 0 Å². The molecule has 0 aromatic rings. The molecule has 196 valence electrons. The van der Waals surface area contributed by atoms with Crippen molar-refractivity contribution in [2.24, 2.45) is 0 Å². The lowest BCUT2D eigenvalue weighted by Crippen LogP contribution is -2.37. The predicted molar refractivity (Wildman–Crippen MR) is 140 cm³/mol. The van der Waals surface area contributed by atoms with Gasteiger partial charge in [-0.25, -0.2) is 0 Å². The Kier molecular flexibility index (Phi) is 25.0. The highest BCUT2D eigenvalue weighted by Crippen LogP contribution is 2.09. The largest absolute Gasteiger partial charge is 0.469 e. The molecule has 5 heteroatoms. The summed E-state index contributed by atoms with van der Waals surface area (Å²) < 4.78 is 16.4. The van der Waals surface area contributed by atoms with Crippen molar-refractivity contribution in [3.05, 3.63) is 12.2 Å². The van der Waals surface area contributed by atoms with Crippen LogP contribution in [0.1, 0.15) is 110 Å². The Hall–Kier alpha value is -0.910. The molecule has 0 aromatic carbocycles. The molecule has 0 saturated carbocycles. The number of hydrogen-bond acceptors (Lipinski definition) is 5. The first-order valence-corrected chi connectivity index (χ1v) is 13.7. The van der Waals surface area contributed by atoms with Gasteiger partial charge in [0, 0.05) is 19.6 Å². The number of carbonyl (C=O) groups is 1. The maximum Gasteiger partial charge on any atom is 0.305 e. The average Bonchev–Trinajstić information content (AvgIpc) is 2.81. The molecule has 0 aliphatic carbocycles. The van der Waals surface area contributed by atoms with Crippen LogP contribution in [0.4, 0.5) is 0 Å². The third-order valence-corrected chi connectivity index (χ3v) is 6.05. The van der Waals surface area contributed by atoms with Gasteiger partial charge in [0.2, 0.25) is 0 Å². The van der Waals surface area contributed by atoms with Gasteiger partial charge in [0.1, 0.15) is 0 Å². The first kappa shape index (κ1) is 32.1. The quantitative estimate of drug-likeness (QED) is 0.0823. The van der Waals surface area contributed by atoms with Gasteiger partial charge in [-0.15, -0.1) is 0 Å². The molecule has 33 heavy (non-hydrogen) atoms. The minimum Gasteiger partial charge on any atom is -0.469 e. The van der Waals surface area contributed by atoms with Crippen molar-refractivity contribution >= 4 is 5.97 Å². The van der Waals surface area contributed by atoms with Gasteiger partial charge in [-0.2, -0.15) is 0 Å². The molecule has 1 atom stereocenters. The van der Waals surface area contributed by atoms with E-state index in [1.807, 2.05) is 0 Å². The van der Waals surface area contributed by atoms with Crippen LogP contribution in [-0.4, -0.2) is 64.5 Å². The summed E-state index contributed by atoms with van der Waals surface area (Å²) in [6.07, 6.45) is 23.4. The van der Waals surface area contributed by atoms with E-state index in [1.54, 1.807) is 0 Å². The maximum atomic E-state index is 11.0. The highest BCUT2D eigenvalue weighted by Gasteiger charge is 2.11. The second-order valence-electron chi connectivity index (χ2n) is 9.38. The predicted octanol–water partition coefficient (Wildman–Crippen LogP) is 6.94. The summed E-state index contributed by atoms with van der Waals surface area (Å²) >= 11 is 0. The molecule has 0 rings (SSSR count). The summed E-state index contributed by atoms with van der Waals surface area (Å²) in [6, 6.07) is 0.351. The minimum atomic E-state index is -0.0926. The van der Waals surface area contributed by atoms with Gasteiger partial charge in [0.05, 0.1) is 26.4 Å². The zero-order chi connectivity index (χ0) is 24.4. The lowest BCUT2D eigenvalue weighted by Gasteiger charge is -2.24. The monoisotopic (exact) mass is 469 g/mol. The molecule has 0 spiro atoms. The summed E-state index contributed by atoms with van der Waals surface area (Å²) in [5.41, 5.74) is 0. The van der Waals surface area contributed by atoms with E-state index >= 15 is 0 Å². The van der Waals surface area contributed by atoms with Crippen molar-refractivity contribution in [1.82, 2.24) is 4.90 Å². The van der Waals surface area contributed by atoms with Gasteiger partial charge in [-0.3, -0.25) is 4.79 Å². The molecule has 1 unspecified atom stereocenters. The van der Waals surface area contributed by atoms with E-state index in [-0.39, 0.29) is 5.97 Å². The van der Waals surface area contributed by atoms with Crippen LogP contribution >= 0.6 is 0 Å². The van der Waals surface area contributed by atoms with E-state index in [2.05, 4.69) is 42.8 Å². The molecule has 0 aromatic heterocycles. The molecule has 0 bridgehead atoms. The van der Waals surface area contributed by atoms with Gasteiger partial charge >= 0.3 is 5.97 Å². The highest BCUT2D eigenvalue weighted by atomic mass is 16.5. The Labute approximate surface area is 205 Å².